The van der Waals surface area contributed by atoms with Crippen LogP contribution in [0.3, 0.4) is 0 Å². The summed E-state index contributed by atoms with van der Waals surface area (Å²) in [6.45, 7) is 1.97. The topological polar surface area (TPSA) is 147 Å². The van der Waals surface area contributed by atoms with E-state index in [9.17, 15) is 14.4 Å². The van der Waals surface area contributed by atoms with Crippen molar-refractivity contribution in [2.24, 2.45) is 17.6 Å². The predicted molar refractivity (Wildman–Crippen MR) is 114 cm³/mol. The van der Waals surface area contributed by atoms with E-state index >= 15 is 0 Å². The van der Waals surface area contributed by atoms with Gasteiger partial charge >= 0.3 is 5.97 Å². The van der Waals surface area contributed by atoms with Gasteiger partial charge in [0.1, 0.15) is 5.84 Å². The fourth-order valence-electron chi connectivity index (χ4n) is 3.24. The van der Waals surface area contributed by atoms with Crippen molar-refractivity contribution in [2.45, 2.75) is 25.8 Å². The molecule has 1 aromatic carbocycles. The average Bonchev–Trinajstić information content (AvgIpc) is 3.56. The molecule has 0 saturated heterocycles. The van der Waals surface area contributed by atoms with Gasteiger partial charge in [-0.3, -0.25) is 24.8 Å². The first-order valence-corrected chi connectivity index (χ1v) is 10.00. The molecule has 0 radical (unpaired) electrons. The van der Waals surface area contributed by atoms with Gasteiger partial charge in [-0.2, -0.15) is 0 Å². The molecule has 1 heterocycles. The molecule has 0 spiro atoms. The molecule has 3 atom stereocenters. The number of pyridine rings is 1. The SMILES string of the molecule is CCOC(=O)C[C@@H](NC(=O)C1CC1C(=O)Nc1ccc(C(=N)N)cc1)c1cccnc1. The molecule has 31 heavy (non-hydrogen) atoms. The van der Waals surface area contributed by atoms with Crippen LogP contribution in [0, 0.1) is 17.2 Å². The normalized spacial score (nSPS) is 17.8. The Morgan fingerprint density at radius 1 is 1.19 bits per heavy atom. The van der Waals surface area contributed by atoms with Gasteiger partial charge in [0.15, 0.2) is 0 Å². The number of nitrogen functional groups attached to an aromatic ring is 1. The molecular formula is C22H25N5O4. The lowest BCUT2D eigenvalue weighted by Crippen LogP contribution is -2.33. The molecule has 162 valence electrons. The second-order valence-corrected chi connectivity index (χ2v) is 7.29. The highest BCUT2D eigenvalue weighted by molar-refractivity contribution is 6.00. The summed E-state index contributed by atoms with van der Waals surface area (Å²) >= 11 is 0. The molecular weight excluding hydrogens is 398 g/mol. The van der Waals surface area contributed by atoms with Crippen LogP contribution in [0.2, 0.25) is 0 Å². The molecule has 1 aromatic heterocycles. The molecule has 2 unspecified atom stereocenters. The van der Waals surface area contributed by atoms with E-state index in [4.69, 9.17) is 15.9 Å². The molecule has 1 saturated carbocycles. The molecule has 5 N–H and O–H groups in total. The van der Waals surface area contributed by atoms with Crippen molar-refractivity contribution in [1.29, 1.82) is 5.41 Å². The van der Waals surface area contributed by atoms with E-state index in [2.05, 4.69) is 15.6 Å². The van der Waals surface area contributed by atoms with Crippen molar-refractivity contribution in [3.8, 4) is 0 Å². The Morgan fingerprint density at radius 3 is 2.52 bits per heavy atom. The third-order valence-electron chi connectivity index (χ3n) is 5.01. The lowest BCUT2D eigenvalue weighted by atomic mass is 10.1. The van der Waals surface area contributed by atoms with Crippen LogP contribution in [0.15, 0.2) is 48.8 Å². The lowest BCUT2D eigenvalue weighted by Gasteiger charge is -2.18. The Hall–Kier alpha value is -3.75. The standard InChI is InChI=1S/C22H25N5O4/c1-2-31-19(28)11-18(14-4-3-9-25-12-14)27-22(30)17-10-16(17)21(29)26-15-7-5-13(6-8-15)20(23)24/h3-9,12,16-18H,2,10-11H2,1H3,(H3,23,24)(H,26,29)(H,27,30)/t16?,17?,18-/m1/s1. The average molecular weight is 423 g/mol. The molecule has 0 aliphatic heterocycles. The van der Waals surface area contributed by atoms with Crippen molar-refractivity contribution in [2.75, 3.05) is 11.9 Å². The number of carbonyl (C=O) groups is 3. The number of anilines is 1. The summed E-state index contributed by atoms with van der Waals surface area (Å²) in [5.74, 6) is -1.91. The van der Waals surface area contributed by atoms with Gasteiger partial charge in [-0.05, 0) is 49.2 Å². The number of benzene rings is 1. The van der Waals surface area contributed by atoms with Crippen molar-refractivity contribution in [1.82, 2.24) is 10.3 Å². The molecule has 1 aliphatic rings. The monoisotopic (exact) mass is 423 g/mol. The van der Waals surface area contributed by atoms with Gasteiger partial charge in [0.2, 0.25) is 11.8 Å². The Morgan fingerprint density at radius 2 is 1.90 bits per heavy atom. The molecule has 3 rings (SSSR count). The number of amidine groups is 1. The van der Waals surface area contributed by atoms with E-state index in [1.165, 1.54) is 0 Å². The quantitative estimate of drug-likeness (QED) is 0.274. The highest BCUT2D eigenvalue weighted by atomic mass is 16.5. The van der Waals surface area contributed by atoms with Crippen LogP contribution in [0.4, 0.5) is 5.69 Å². The summed E-state index contributed by atoms with van der Waals surface area (Å²) in [6, 6.07) is 9.52. The third-order valence-corrected chi connectivity index (χ3v) is 5.01. The molecule has 0 bridgehead atoms. The van der Waals surface area contributed by atoms with Gasteiger partial charge in [0.05, 0.1) is 30.9 Å². The third kappa shape index (κ3) is 5.88. The van der Waals surface area contributed by atoms with Crippen molar-refractivity contribution in [3.05, 3.63) is 59.9 Å². The zero-order valence-electron chi connectivity index (χ0n) is 17.1. The largest absolute Gasteiger partial charge is 0.466 e. The first-order valence-electron chi connectivity index (χ1n) is 10.00. The fourth-order valence-corrected chi connectivity index (χ4v) is 3.24. The summed E-state index contributed by atoms with van der Waals surface area (Å²) in [5, 5.41) is 13.0. The predicted octanol–water partition coefficient (Wildman–Crippen LogP) is 1.75. The summed E-state index contributed by atoms with van der Waals surface area (Å²) in [6.07, 6.45) is 3.61. The number of ether oxygens (including phenoxy) is 1. The van der Waals surface area contributed by atoms with E-state index in [0.29, 0.717) is 23.2 Å². The summed E-state index contributed by atoms with van der Waals surface area (Å²) in [7, 11) is 0. The van der Waals surface area contributed by atoms with Crippen LogP contribution in [-0.4, -0.2) is 35.2 Å². The van der Waals surface area contributed by atoms with Gasteiger partial charge in [0.25, 0.3) is 0 Å². The number of esters is 1. The zero-order valence-corrected chi connectivity index (χ0v) is 17.1. The van der Waals surface area contributed by atoms with Crippen molar-refractivity contribution in [3.63, 3.8) is 0 Å². The number of hydrogen-bond donors (Lipinski definition) is 4. The molecule has 1 fully saturated rings. The Balaban J connectivity index is 1.58. The van der Waals surface area contributed by atoms with Crippen LogP contribution in [0.25, 0.3) is 0 Å². The smallest absolute Gasteiger partial charge is 0.308 e. The molecule has 9 nitrogen and oxygen atoms in total. The van der Waals surface area contributed by atoms with E-state index < -0.39 is 23.8 Å². The van der Waals surface area contributed by atoms with Crippen molar-refractivity contribution >= 4 is 29.3 Å². The first-order chi connectivity index (χ1) is 14.9. The summed E-state index contributed by atoms with van der Waals surface area (Å²) < 4.78 is 5.00. The van der Waals surface area contributed by atoms with Crippen LogP contribution in [0.1, 0.15) is 36.9 Å². The van der Waals surface area contributed by atoms with Gasteiger partial charge in [-0.15, -0.1) is 0 Å². The van der Waals surface area contributed by atoms with Crippen LogP contribution >= 0.6 is 0 Å². The maximum Gasteiger partial charge on any atom is 0.308 e. The minimum Gasteiger partial charge on any atom is -0.466 e. The minimum absolute atomic E-state index is 0.0165. The Labute approximate surface area is 179 Å². The number of amides is 2. The van der Waals surface area contributed by atoms with E-state index in [-0.39, 0.29) is 30.7 Å². The Kier molecular flexibility index (Phi) is 6.96. The number of nitrogens with zero attached hydrogens (tertiary/aromatic N) is 1. The zero-order chi connectivity index (χ0) is 22.4. The molecule has 2 amide bonds. The summed E-state index contributed by atoms with van der Waals surface area (Å²) in [5.41, 5.74) is 7.24. The second-order valence-electron chi connectivity index (χ2n) is 7.29. The summed E-state index contributed by atoms with van der Waals surface area (Å²) in [4.78, 5) is 41.2. The maximum atomic E-state index is 12.7. The van der Waals surface area contributed by atoms with Crippen molar-refractivity contribution < 1.29 is 19.1 Å². The minimum atomic E-state index is -0.580. The molecule has 2 aromatic rings. The molecule has 9 heteroatoms. The number of hydrogen-bond acceptors (Lipinski definition) is 6. The van der Waals surface area contributed by atoms with E-state index in [1.54, 1.807) is 55.7 Å². The number of nitrogens with one attached hydrogen (secondary N) is 3. The van der Waals surface area contributed by atoms with Gasteiger partial charge < -0.3 is 21.1 Å². The van der Waals surface area contributed by atoms with Gasteiger partial charge in [0, 0.05) is 23.6 Å². The number of carbonyl (C=O) groups excluding carboxylic acids is 3. The number of nitrogens with two attached hydrogens (primary N) is 1. The van der Waals surface area contributed by atoms with E-state index in [1.807, 2.05) is 0 Å². The number of aromatic nitrogens is 1. The number of rotatable bonds is 9. The van der Waals surface area contributed by atoms with Gasteiger partial charge in [-0.1, -0.05) is 6.07 Å². The van der Waals surface area contributed by atoms with Crippen LogP contribution < -0.4 is 16.4 Å². The first kappa shape index (κ1) is 21.9. The van der Waals surface area contributed by atoms with E-state index in [0.717, 1.165) is 0 Å². The fraction of sp³-hybridized carbons (Fsp3) is 0.318. The van der Waals surface area contributed by atoms with Gasteiger partial charge in [-0.25, -0.2) is 0 Å². The highest BCUT2D eigenvalue weighted by Gasteiger charge is 2.48. The maximum absolute atomic E-state index is 12.7. The molecule has 1 aliphatic carbocycles. The van der Waals surface area contributed by atoms with Crippen LogP contribution in [-0.2, 0) is 19.1 Å². The lowest BCUT2D eigenvalue weighted by molar-refractivity contribution is -0.144. The Bertz CT molecular complexity index is 962. The highest BCUT2D eigenvalue weighted by Crippen LogP contribution is 2.40. The second kappa shape index (κ2) is 9.84. The van der Waals surface area contributed by atoms with Crippen LogP contribution in [0.5, 0.6) is 0 Å².